The highest BCUT2D eigenvalue weighted by molar-refractivity contribution is 5.91. The van der Waals surface area contributed by atoms with Crippen molar-refractivity contribution >= 4 is 11.9 Å². The predicted molar refractivity (Wildman–Crippen MR) is 86.4 cm³/mol. The normalized spacial score (nSPS) is 11.0. The molecule has 0 aliphatic rings. The second kappa shape index (κ2) is 8.52. The summed E-state index contributed by atoms with van der Waals surface area (Å²) in [5, 5.41) is 2.46. The van der Waals surface area contributed by atoms with Crippen LogP contribution < -0.4 is 10.1 Å². The molecule has 0 bridgehead atoms. The maximum atomic E-state index is 13.4. The number of nitrogens with one attached hydrogen (secondary N) is 1. The molecule has 0 atom stereocenters. The molecule has 0 radical (unpaired) electrons. The lowest BCUT2D eigenvalue weighted by atomic mass is 10.1. The second-order valence-electron chi connectivity index (χ2n) is 5.51. The van der Waals surface area contributed by atoms with Crippen LogP contribution in [0.2, 0.25) is 0 Å². The summed E-state index contributed by atoms with van der Waals surface area (Å²) in [4.78, 5) is 23.5. The molecule has 2 rings (SSSR count). The molecule has 1 N–H and O–H groups in total. The Bertz CT molecular complexity index is 819. The van der Waals surface area contributed by atoms with Crippen molar-refractivity contribution in [2.45, 2.75) is 19.8 Å². The van der Waals surface area contributed by atoms with Crippen LogP contribution in [0.25, 0.3) is 0 Å². The van der Waals surface area contributed by atoms with Gasteiger partial charge in [-0.05, 0) is 48.4 Å². The first-order valence-corrected chi connectivity index (χ1v) is 7.69. The third kappa shape index (κ3) is 6.61. The Kier molecular flexibility index (Phi) is 6.38. The molecule has 0 saturated heterocycles. The number of aryl methyl sites for hydroxylation is 1. The van der Waals surface area contributed by atoms with E-state index in [1.807, 2.05) is 0 Å². The highest BCUT2D eigenvalue weighted by Crippen LogP contribution is 2.22. The first-order valence-electron chi connectivity index (χ1n) is 7.69. The summed E-state index contributed by atoms with van der Waals surface area (Å²) >= 11 is 0. The first kappa shape index (κ1) is 20.2. The smallest absolute Gasteiger partial charge is 0.452 e. The third-order valence-corrected chi connectivity index (χ3v) is 3.38. The quantitative estimate of drug-likeness (QED) is 0.611. The Labute approximate surface area is 151 Å². The molecule has 0 aliphatic carbocycles. The Hall–Kier alpha value is -3.10. The van der Waals surface area contributed by atoms with Crippen LogP contribution in [0.3, 0.4) is 0 Å². The fourth-order valence-corrected chi connectivity index (χ4v) is 2.01. The number of carbonyl (C=O) groups excluding carboxylic acids is 2. The molecule has 0 unspecified atom stereocenters. The molecule has 0 aromatic heterocycles. The highest BCUT2D eigenvalue weighted by Gasteiger charge is 2.31. The summed E-state index contributed by atoms with van der Waals surface area (Å²) in [6, 6.07) is 8.57. The summed E-state index contributed by atoms with van der Waals surface area (Å²) < 4.78 is 58.1. The molecule has 9 heteroatoms. The van der Waals surface area contributed by atoms with E-state index in [9.17, 15) is 27.2 Å². The van der Waals surface area contributed by atoms with Crippen LogP contribution >= 0.6 is 0 Å². The molecule has 2 aromatic rings. The van der Waals surface area contributed by atoms with E-state index in [2.05, 4.69) is 10.1 Å². The van der Waals surface area contributed by atoms with E-state index >= 15 is 0 Å². The predicted octanol–water partition coefficient (Wildman–Crippen LogP) is 3.51. The van der Waals surface area contributed by atoms with Gasteiger partial charge in [0.2, 0.25) is 0 Å². The Morgan fingerprint density at radius 3 is 2.33 bits per heavy atom. The van der Waals surface area contributed by atoms with Crippen molar-refractivity contribution in [3.63, 3.8) is 0 Å². The van der Waals surface area contributed by atoms with Crippen molar-refractivity contribution in [1.29, 1.82) is 0 Å². The maximum Gasteiger partial charge on any atom is 0.573 e. The number of carbonyl (C=O) groups is 2. The number of halogens is 4. The minimum absolute atomic E-state index is 0.0436. The van der Waals surface area contributed by atoms with Gasteiger partial charge in [0.25, 0.3) is 5.91 Å². The van der Waals surface area contributed by atoms with Crippen LogP contribution in [0.1, 0.15) is 21.5 Å². The molecular formula is C18H15F4NO4. The Balaban J connectivity index is 1.80. The summed E-state index contributed by atoms with van der Waals surface area (Å²) in [6.07, 6.45) is -4.83. The average Bonchev–Trinajstić information content (AvgIpc) is 2.60. The number of rotatable bonds is 6. The topological polar surface area (TPSA) is 64.6 Å². The fourth-order valence-electron chi connectivity index (χ4n) is 2.01. The SMILES string of the molecule is Cc1ccc(CNC(=O)COC(=O)c2ccc(OC(F)(F)F)cc2)cc1F. The lowest BCUT2D eigenvalue weighted by Gasteiger charge is -2.09. The number of benzene rings is 2. The zero-order valence-corrected chi connectivity index (χ0v) is 14.1. The van der Waals surface area contributed by atoms with Crippen molar-refractivity contribution in [1.82, 2.24) is 5.32 Å². The van der Waals surface area contributed by atoms with Gasteiger partial charge in [-0.3, -0.25) is 4.79 Å². The fraction of sp³-hybridized carbons (Fsp3) is 0.222. The highest BCUT2D eigenvalue weighted by atomic mass is 19.4. The minimum atomic E-state index is -4.83. The zero-order chi connectivity index (χ0) is 20.0. The molecule has 5 nitrogen and oxygen atoms in total. The van der Waals surface area contributed by atoms with Gasteiger partial charge in [-0.2, -0.15) is 0 Å². The van der Waals surface area contributed by atoms with E-state index in [4.69, 9.17) is 4.74 Å². The van der Waals surface area contributed by atoms with E-state index < -0.39 is 36.4 Å². The minimum Gasteiger partial charge on any atom is -0.452 e. The van der Waals surface area contributed by atoms with Crippen LogP contribution in [0, 0.1) is 12.7 Å². The number of alkyl halides is 3. The molecule has 0 aliphatic heterocycles. The van der Waals surface area contributed by atoms with Crippen molar-refractivity contribution in [3.05, 3.63) is 65.0 Å². The van der Waals surface area contributed by atoms with Crippen LogP contribution in [-0.2, 0) is 16.1 Å². The number of ether oxygens (including phenoxy) is 2. The molecule has 27 heavy (non-hydrogen) atoms. The molecule has 144 valence electrons. The van der Waals surface area contributed by atoms with E-state index in [1.54, 1.807) is 19.1 Å². The molecule has 0 spiro atoms. The van der Waals surface area contributed by atoms with Crippen molar-refractivity contribution in [3.8, 4) is 5.75 Å². The number of amides is 1. The lowest BCUT2D eigenvalue weighted by Crippen LogP contribution is -2.28. The Morgan fingerprint density at radius 1 is 1.07 bits per heavy atom. The first-order chi connectivity index (χ1) is 12.6. The van der Waals surface area contributed by atoms with Crippen molar-refractivity contribution in [2.75, 3.05) is 6.61 Å². The van der Waals surface area contributed by atoms with Gasteiger partial charge < -0.3 is 14.8 Å². The summed E-state index contributed by atoms with van der Waals surface area (Å²) in [5.74, 6) is -2.38. The van der Waals surface area contributed by atoms with E-state index in [0.29, 0.717) is 11.1 Å². The van der Waals surface area contributed by atoms with Gasteiger partial charge in [0.15, 0.2) is 6.61 Å². The third-order valence-electron chi connectivity index (χ3n) is 3.38. The van der Waals surface area contributed by atoms with E-state index in [-0.39, 0.29) is 12.1 Å². The van der Waals surface area contributed by atoms with Gasteiger partial charge in [-0.15, -0.1) is 13.2 Å². The largest absolute Gasteiger partial charge is 0.573 e. The molecule has 0 saturated carbocycles. The van der Waals surface area contributed by atoms with Gasteiger partial charge in [0, 0.05) is 6.54 Å². The van der Waals surface area contributed by atoms with Gasteiger partial charge in [0.1, 0.15) is 11.6 Å². The number of esters is 1. The van der Waals surface area contributed by atoms with Crippen molar-refractivity contribution in [2.24, 2.45) is 0 Å². The standard InChI is InChI=1S/C18H15F4NO4/c1-11-2-3-12(8-15(11)19)9-23-16(24)10-26-17(25)13-4-6-14(7-5-13)27-18(20,21)22/h2-8H,9-10H2,1H3,(H,23,24). The van der Waals surface area contributed by atoms with E-state index in [0.717, 1.165) is 24.3 Å². The van der Waals surface area contributed by atoms with Crippen LogP contribution in [0.15, 0.2) is 42.5 Å². The van der Waals surface area contributed by atoms with Gasteiger partial charge in [-0.25, -0.2) is 9.18 Å². The molecule has 1 amide bonds. The Morgan fingerprint density at radius 2 is 1.74 bits per heavy atom. The number of hydrogen-bond acceptors (Lipinski definition) is 4. The van der Waals surface area contributed by atoms with Gasteiger partial charge in [-0.1, -0.05) is 12.1 Å². The molecule has 0 fully saturated rings. The maximum absolute atomic E-state index is 13.4. The monoisotopic (exact) mass is 385 g/mol. The summed E-state index contributed by atoms with van der Waals surface area (Å²) in [7, 11) is 0. The van der Waals surface area contributed by atoms with Gasteiger partial charge >= 0.3 is 12.3 Å². The van der Waals surface area contributed by atoms with Crippen LogP contribution in [-0.4, -0.2) is 24.8 Å². The lowest BCUT2D eigenvalue weighted by molar-refractivity contribution is -0.274. The average molecular weight is 385 g/mol. The molecular weight excluding hydrogens is 370 g/mol. The van der Waals surface area contributed by atoms with Gasteiger partial charge in [0.05, 0.1) is 5.56 Å². The summed E-state index contributed by atoms with van der Waals surface area (Å²) in [5.41, 5.74) is 0.974. The molecule has 2 aromatic carbocycles. The summed E-state index contributed by atoms with van der Waals surface area (Å²) in [6.45, 7) is 1.07. The van der Waals surface area contributed by atoms with Crippen LogP contribution in [0.4, 0.5) is 17.6 Å². The molecule has 0 heterocycles. The number of hydrogen-bond donors (Lipinski definition) is 1. The van der Waals surface area contributed by atoms with E-state index in [1.165, 1.54) is 6.07 Å². The van der Waals surface area contributed by atoms with Crippen LogP contribution in [0.5, 0.6) is 5.75 Å². The second-order valence-corrected chi connectivity index (χ2v) is 5.51. The van der Waals surface area contributed by atoms with Crippen molar-refractivity contribution < 1.29 is 36.6 Å². The zero-order valence-electron chi connectivity index (χ0n) is 14.1.